The smallest absolute Gasteiger partial charge is 0.317 e. The van der Waals surface area contributed by atoms with Gasteiger partial charge in [0.25, 0.3) is 5.56 Å². The van der Waals surface area contributed by atoms with Gasteiger partial charge in [0, 0.05) is 30.9 Å². The molecule has 3 aromatic rings. The Morgan fingerprint density at radius 2 is 2.08 bits per heavy atom. The van der Waals surface area contributed by atoms with Gasteiger partial charge in [0.1, 0.15) is 0 Å². The van der Waals surface area contributed by atoms with Crippen LogP contribution in [0.2, 0.25) is 0 Å². The first-order valence-corrected chi connectivity index (χ1v) is 8.37. The summed E-state index contributed by atoms with van der Waals surface area (Å²) in [7, 11) is 0. The quantitative estimate of drug-likeness (QED) is 0.756. The molecule has 0 fully saturated rings. The number of carbonyl (C=O) groups is 1. The van der Waals surface area contributed by atoms with E-state index in [1.165, 1.54) is 10.1 Å². The molecular formula is C18H19N5O2. The lowest BCUT2D eigenvalue weighted by molar-refractivity contribution is 0.191. The number of nitrogens with one attached hydrogen (secondary N) is 2. The highest BCUT2D eigenvalue weighted by Gasteiger charge is 2.24. The summed E-state index contributed by atoms with van der Waals surface area (Å²) in [4.78, 5) is 31.0. The van der Waals surface area contributed by atoms with Crippen LogP contribution in [-0.4, -0.2) is 38.6 Å². The highest BCUT2D eigenvalue weighted by molar-refractivity contribution is 5.74. The number of aromatic nitrogens is 3. The maximum absolute atomic E-state index is 12.4. The molecule has 0 radical (unpaired) electrons. The molecule has 7 heteroatoms. The fraction of sp³-hybridized carbons (Fsp3) is 0.278. The normalized spacial score (nSPS) is 13.7. The van der Waals surface area contributed by atoms with Crippen LogP contribution < -0.4 is 10.9 Å². The van der Waals surface area contributed by atoms with Crippen LogP contribution in [-0.2, 0) is 19.4 Å². The average Bonchev–Trinajstić information content (AvgIpc) is 3.11. The Balaban J connectivity index is 1.42. The third-order valence-corrected chi connectivity index (χ3v) is 4.52. The summed E-state index contributed by atoms with van der Waals surface area (Å²) in [5, 5.41) is 5.81. The molecule has 128 valence electrons. The number of hydrogen-bond donors (Lipinski definition) is 2. The third-order valence-electron chi connectivity index (χ3n) is 4.52. The van der Waals surface area contributed by atoms with Crippen LogP contribution in [0, 0.1) is 0 Å². The maximum Gasteiger partial charge on any atom is 0.317 e. The van der Waals surface area contributed by atoms with Gasteiger partial charge in [-0.1, -0.05) is 30.3 Å². The van der Waals surface area contributed by atoms with Crippen molar-refractivity contribution in [1.82, 2.24) is 24.8 Å². The molecule has 3 heterocycles. The van der Waals surface area contributed by atoms with Crippen LogP contribution >= 0.6 is 0 Å². The summed E-state index contributed by atoms with van der Waals surface area (Å²) >= 11 is 0. The Hall–Kier alpha value is -3.09. The van der Waals surface area contributed by atoms with E-state index in [4.69, 9.17) is 0 Å². The van der Waals surface area contributed by atoms with E-state index < -0.39 is 0 Å². The Labute approximate surface area is 144 Å². The van der Waals surface area contributed by atoms with E-state index in [1.807, 2.05) is 30.3 Å². The van der Waals surface area contributed by atoms with E-state index in [2.05, 4.69) is 15.4 Å². The minimum Gasteiger partial charge on any atom is -0.338 e. The molecular weight excluding hydrogens is 318 g/mol. The molecule has 4 rings (SSSR count). The van der Waals surface area contributed by atoms with Crippen molar-refractivity contribution < 1.29 is 4.79 Å². The molecule has 2 N–H and O–H groups in total. The van der Waals surface area contributed by atoms with Gasteiger partial charge in [-0.3, -0.25) is 9.89 Å². The van der Waals surface area contributed by atoms with Gasteiger partial charge in [-0.2, -0.15) is 0 Å². The van der Waals surface area contributed by atoms with Crippen molar-refractivity contribution in [3.8, 4) is 0 Å². The minimum absolute atomic E-state index is 0.0749. The van der Waals surface area contributed by atoms with Gasteiger partial charge in [-0.25, -0.2) is 14.3 Å². The van der Waals surface area contributed by atoms with E-state index in [0.717, 1.165) is 6.42 Å². The first-order valence-electron chi connectivity index (χ1n) is 8.37. The Morgan fingerprint density at radius 1 is 1.24 bits per heavy atom. The summed E-state index contributed by atoms with van der Waals surface area (Å²) < 4.78 is 1.44. The summed E-state index contributed by atoms with van der Waals surface area (Å²) in [6.07, 6.45) is 3.00. The highest BCUT2D eigenvalue weighted by Crippen LogP contribution is 2.15. The van der Waals surface area contributed by atoms with E-state index >= 15 is 0 Å². The number of aromatic amines is 1. The Morgan fingerprint density at radius 3 is 2.92 bits per heavy atom. The molecule has 0 aliphatic carbocycles. The molecule has 1 aliphatic heterocycles. The summed E-state index contributed by atoms with van der Waals surface area (Å²) in [5.41, 5.74) is 3.07. The zero-order valence-electron chi connectivity index (χ0n) is 13.7. The van der Waals surface area contributed by atoms with Crippen molar-refractivity contribution in [2.45, 2.75) is 19.4 Å². The molecule has 0 bridgehead atoms. The van der Waals surface area contributed by atoms with Crippen LogP contribution in [0.5, 0.6) is 0 Å². The van der Waals surface area contributed by atoms with Crippen LogP contribution in [0.4, 0.5) is 4.79 Å². The number of fused-ring (bicyclic) bond motifs is 2. The third kappa shape index (κ3) is 3.00. The molecule has 0 spiro atoms. The lowest BCUT2D eigenvalue weighted by Gasteiger charge is -2.27. The molecule has 1 aromatic carbocycles. The number of carbonyl (C=O) groups excluding carboxylic acids is 1. The number of benzene rings is 1. The van der Waals surface area contributed by atoms with Crippen LogP contribution in [0.3, 0.4) is 0 Å². The first-order chi connectivity index (χ1) is 12.2. The molecule has 7 nitrogen and oxygen atoms in total. The molecule has 1 aliphatic rings. The predicted octanol–water partition coefficient (Wildman–Crippen LogP) is 1.33. The van der Waals surface area contributed by atoms with Gasteiger partial charge < -0.3 is 10.2 Å². The Bertz CT molecular complexity index is 961. The van der Waals surface area contributed by atoms with Crippen molar-refractivity contribution in [1.29, 1.82) is 0 Å². The van der Waals surface area contributed by atoms with E-state index in [9.17, 15) is 9.59 Å². The van der Waals surface area contributed by atoms with Gasteiger partial charge in [-0.05, 0) is 18.4 Å². The van der Waals surface area contributed by atoms with E-state index in [-0.39, 0.29) is 11.6 Å². The zero-order chi connectivity index (χ0) is 17.2. The second-order valence-corrected chi connectivity index (χ2v) is 6.14. The lowest BCUT2D eigenvalue weighted by atomic mass is 10.1. The number of urea groups is 1. The largest absolute Gasteiger partial charge is 0.338 e. The van der Waals surface area contributed by atoms with Gasteiger partial charge >= 0.3 is 6.03 Å². The second kappa shape index (κ2) is 6.43. The minimum atomic E-state index is -0.113. The van der Waals surface area contributed by atoms with Crippen LogP contribution in [0.1, 0.15) is 16.8 Å². The van der Waals surface area contributed by atoms with Crippen molar-refractivity contribution in [2.75, 3.05) is 13.1 Å². The van der Waals surface area contributed by atoms with E-state index in [1.54, 1.807) is 17.2 Å². The predicted molar refractivity (Wildman–Crippen MR) is 93.5 cm³/mol. The van der Waals surface area contributed by atoms with Gasteiger partial charge in [0.05, 0.1) is 12.2 Å². The fourth-order valence-corrected chi connectivity index (χ4v) is 3.17. The molecule has 0 atom stereocenters. The van der Waals surface area contributed by atoms with Crippen LogP contribution in [0.25, 0.3) is 5.65 Å². The van der Waals surface area contributed by atoms with Crippen molar-refractivity contribution in [3.63, 3.8) is 0 Å². The van der Waals surface area contributed by atoms with Crippen molar-refractivity contribution in [3.05, 3.63) is 69.8 Å². The van der Waals surface area contributed by atoms with Crippen molar-refractivity contribution in [2.24, 2.45) is 0 Å². The van der Waals surface area contributed by atoms with Crippen LogP contribution in [0.15, 0.2) is 47.4 Å². The van der Waals surface area contributed by atoms with E-state index in [0.29, 0.717) is 43.0 Å². The molecule has 2 amide bonds. The number of nitrogens with zero attached hydrogens (tertiary/aromatic N) is 3. The summed E-state index contributed by atoms with van der Waals surface area (Å²) in [6.45, 7) is 1.47. The summed E-state index contributed by atoms with van der Waals surface area (Å²) in [6, 6.07) is 11.7. The lowest BCUT2D eigenvalue weighted by Crippen LogP contribution is -2.45. The number of amides is 2. The molecule has 0 saturated heterocycles. The first kappa shape index (κ1) is 15.4. The van der Waals surface area contributed by atoms with Gasteiger partial charge in [0.2, 0.25) is 0 Å². The molecule has 0 unspecified atom stereocenters. The molecule has 25 heavy (non-hydrogen) atoms. The Kier molecular flexibility index (Phi) is 3.97. The average molecular weight is 337 g/mol. The fourth-order valence-electron chi connectivity index (χ4n) is 3.17. The number of rotatable bonds is 3. The zero-order valence-corrected chi connectivity index (χ0v) is 13.7. The maximum atomic E-state index is 12.4. The monoisotopic (exact) mass is 337 g/mol. The number of H-pyrrole nitrogens is 1. The summed E-state index contributed by atoms with van der Waals surface area (Å²) in [5.74, 6) is 0. The molecule has 0 saturated carbocycles. The van der Waals surface area contributed by atoms with Gasteiger partial charge in [0.15, 0.2) is 5.65 Å². The molecule has 2 aromatic heterocycles. The topological polar surface area (TPSA) is 82.5 Å². The SMILES string of the molecule is O=C(NCCc1ccccc1)N1CCc2c(nc3cc[nH]n3c2=O)C1. The van der Waals surface area contributed by atoms with Gasteiger partial charge in [-0.15, -0.1) is 0 Å². The highest BCUT2D eigenvalue weighted by atomic mass is 16.2. The standard InChI is InChI=1S/C18H19N5O2/c24-17-14-8-11-22(12-15(14)21-16-7-10-20-23(16)17)18(25)19-9-6-13-4-2-1-3-5-13/h1-5,7,10,20H,6,8-9,11-12H2,(H,19,25). The number of hydrogen-bond acceptors (Lipinski definition) is 3. The van der Waals surface area contributed by atoms with Crippen molar-refractivity contribution >= 4 is 11.7 Å². The second-order valence-electron chi connectivity index (χ2n) is 6.14.